The fraction of sp³-hybridized carbons (Fsp3) is 0.105. The standard InChI is InChI=1S/C19H12F5N3O2S/c20-13-5-11(6-14(21)7-13)16(28)27-18-26-15(9-30-18)17(29)25-8-10-2-1-3-12(4-10)19(22,23)24/h1-7,9H,8H2,(H,25,29)(H,26,27,28). The van der Waals surface area contributed by atoms with Crippen LogP contribution >= 0.6 is 11.3 Å². The molecule has 2 aromatic carbocycles. The van der Waals surface area contributed by atoms with Crippen molar-refractivity contribution in [1.29, 1.82) is 0 Å². The number of benzene rings is 2. The Balaban J connectivity index is 1.62. The van der Waals surface area contributed by atoms with E-state index in [4.69, 9.17) is 0 Å². The molecule has 3 rings (SSSR count). The number of rotatable bonds is 5. The van der Waals surface area contributed by atoms with Crippen LogP contribution in [0.4, 0.5) is 27.1 Å². The summed E-state index contributed by atoms with van der Waals surface area (Å²) < 4.78 is 64.6. The quantitative estimate of drug-likeness (QED) is 0.568. The minimum atomic E-state index is -4.49. The van der Waals surface area contributed by atoms with E-state index >= 15 is 0 Å². The molecule has 0 spiro atoms. The molecule has 1 aromatic heterocycles. The first-order valence-corrected chi connectivity index (χ1v) is 9.17. The molecule has 0 aliphatic heterocycles. The zero-order chi connectivity index (χ0) is 21.9. The lowest BCUT2D eigenvalue weighted by atomic mass is 10.1. The first-order valence-electron chi connectivity index (χ1n) is 8.29. The SMILES string of the molecule is O=C(Nc1nc(C(=O)NCc2cccc(C(F)(F)F)c2)cs1)c1cc(F)cc(F)c1. The number of aromatic nitrogens is 1. The van der Waals surface area contributed by atoms with Crippen molar-refractivity contribution in [3.05, 3.63) is 81.9 Å². The van der Waals surface area contributed by atoms with Crippen LogP contribution in [0.1, 0.15) is 32.0 Å². The van der Waals surface area contributed by atoms with Gasteiger partial charge in [0.05, 0.1) is 5.56 Å². The molecule has 0 bridgehead atoms. The summed E-state index contributed by atoms with van der Waals surface area (Å²) in [6.07, 6.45) is -4.49. The second-order valence-electron chi connectivity index (χ2n) is 6.03. The number of carbonyl (C=O) groups is 2. The molecule has 11 heteroatoms. The van der Waals surface area contributed by atoms with Crippen molar-refractivity contribution in [2.75, 3.05) is 5.32 Å². The van der Waals surface area contributed by atoms with Gasteiger partial charge in [0, 0.05) is 23.6 Å². The Hall–Kier alpha value is -3.34. The predicted molar refractivity (Wildman–Crippen MR) is 99.0 cm³/mol. The highest BCUT2D eigenvalue weighted by Crippen LogP contribution is 2.29. The molecule has 1 heterocycles. The zero-order valence-corrected chi connectivity index (χ0v) is 15.7. The van der Waals surface area contributed by atoms with Crippen LogP contribution in [0.25, 0.3) is 0 Å². The van der Waals surface area contributed by atoms with Crippen molar-refractivity contribution in [2.45, 2.75) is 12.7 Å². The maximum absolute atomic E-state index is 13.2. The van der Waals surface area contributed by atoms with Crippen molar-refractivity contribution in [1.82, 2.24) is 10.3 Å². The van der Waals surface area contributed by atoms with E-state index in [1.807, 2.05) is 0 Å². The highest BCUT2D eigenvalue weighted by molar-refractivity contribution is 7.14. The average Bonchev–Trinajstić information content (AvgIpc) is 3.13. The summed E-state index contributed by atoms with van der Waals surface area (Å²) in [5.74, 6) is -3.33. The van der Waals surface area contributed by atoms with E-state index < -0.39 is 35.2 Å². The molecule has 0 aliphatic carbocycles. The number of hydrogen-bond donors (Lipinski definition) is 2. The lowest BCUT2D eigenvalue weighted by molar-refractivity contribution is -0.137. The summed E-state index contributed by atoms with van der Waals surface area (Å²) in [4.78, 5) is 28.1. The Kier molecular flexibility index (Phi) is 6.11. The van der Waals surface area contributed by atoms with Gasteiger partial charge in [0.1, 0.15) is 17.3 Å². The van der Waals surface area contributed by atoms with E-state index in [9.17, 15) is 31.5 Å². The summed E-state index contributed by atoms with van der Waals surface area (Å²) in [5.41, 5.74) is -0.928. The van der Waals surface area contributed by atoms with Crippen LogP contribution in [0, 0.1) is 11.6 Å². The molecule has 0 saturated heterocycles. The summed E-state index contributed by atoms with van der Waals surface area (Å²) in [6.45, 7) is -0.162. The largest absolute Gasteiger partial charge is 0.416 e. The molecule has 156 valence electrons. The lowest BCUT2D eigenvalue weighted by Gasteiger charge is -2.09. The number of amides is 2. The summed E-state index contributed by atoms with van der Waals surface area (Å²) >= 11 is 0.897. The number of hydrogen-bond acceptors (Lipinski definition) is 4. The van der Waals surface area contributed by atoms with Crippen molar-refractivity contribution in [3.63, 3.8) is 0 Å². The van der Waals surface area contributed by atoms with Crippen molar-refractivity contribution < 1.29 is 31.5 Å². The Morgan fingerprint density at radius 3 is 2.37 bits per heavy atom. The second-order valence-corrected chi connectivity index (χ2v) is 6.89. The van der Waals surface area contributed by atoms with Gasteiger partial charge in [-0.3, -0.25) is 14.9 Å². The van der Waals surface area contributed by atoms with Crippen LogP contribution in [0.2, 0.25) is 0 Å². The fourth-order valence-electron chi connectivity index (χ4n) is 2.42. The highest BCUT2D eigenvalue weighted by atomic mass is 32.1. The van der Waals surface area contributed by atoms with E-state index in [0.29, 0.717) is 6.07 Å². The lowest BCUT2D eigenvalue weighted by Crippen LogP contribution is -2.23. The van der Waals surface area contributed by atoms with Crippen LogP contribution in [-0.2, 0) is 12.7 Å². The number of anilines is 1. The number of carbonyl (C=O) groups excluding carboxylic acids is 2. The number of thiazole rings is 1. The topological polar surface area (TPSA) is 71.1 Å². The molecule has 0 radical (unpaired) electrons. The van der Waals surface area contributed by atoms with E-state index in [-0.39, 0.29) is 28.5 Å². The first-order chi connectivity index (χ1) is 14.1. The van der Waals surface area contributed by atoms with Crippen LogP contribution in [0.5, 0.6) is 0 Å². The highest BCUT2D eigenvalue weighted by Gasteiger charge is 2.30. The van der Waals surface area contributed by atoms with E-state index in [0.717, 1.165) is 35.6 Å². The average molecular weight is 441 g/mol. The molecule has 5 nitrogen and oxygen atoms in total. The number of alkyl halides is 3. The van der Waals surface area contributed by atoms with Crippen molar-refractivity contribution in [2.24, 2.45) is 0 Å². The number of halogens is 5. The molecule has 30 heavy (non-hydrogen) atoms. The van der Waals surface area contributed by atoms with E-state index in [1.54, 1.807) is 0 Å². The van der Waals surface area contributed by atoms with Crippen molar-refractivity contribution >= 4 is 28.3 Å². The van der Waals surface area contributed by atoms with Gasteiger partial charge in [0.2, 0.25) is 0 Å². The molecular formula is C19H12F5N3O2S. The summed E-state index contributed by atoms with van der Waals surface area (Å²) in [5, 5.41) is 6.08. The first kappa shape index (κ1) is 21.4. The van der Waals surface area contributed by atoms with Gasteiger partial charge in [-0.15, -0.1) is 11.3 Å². The molecule has 0 unspecified atom stereocenters. The zero-order valence-electron chi connectivity index (χ0n) is 14.9. The molecule has 0 saturated carbocycles. The van der Waals surface area contributed by atoms with Crippen LogP contribution in [0.15, 0.2) is 47.8 Å². The monoisotopic (exact) mass is 441 g/mol. The van der Waals surface area contributed by atoms with Gasteiger partial charge in [-0.1, -0.05) is 12.1 Å². The summed E-state index contributed by atoms with van der Waals surface area (Å²) in [6, 6.07) is 6.81. The van der Waals surface area contributed by atoms with Gasteiger partial charge in [-0.25, -0.2) is 13.8 Å². The van der Waals surface area contributed by atoms with Gasteiger partial charge >= 0.3 is 6.18 Å². The fourth-order valence-corrected chi connectivity index (χ4v) is 3.11. The van der Waals surface area contributed by atoms with Crippen LogP contribution < -0.4 is 10.6 Å². The Morgan fingerprint density at radius 1 is 1.00 bits per heavy atom. The second kappa shape index (κ2) is 8.57. The molecule has 0 atom stereocenters. The van der Waals surface area contributed by atoms with Gasteiger partial charge in [0.15, 0.2) is 5.13 Å². The maximum Gasteiger partial charge on any atom is 0.416 e. The number of nitrogens with zero attached hydrogens (tertiary/aromatic N) is 1. The molecule has 2 N–H and O–H groups in total. The van der Waals surface area contributed by atoms with Crippen molar-refractivity contribution in [3.8, 4) is 0 Å². The number of nitrogens with one attached hydrogen (secondary N) is 2. The smallest absolute Gasteiger partial charge is 0.347 e. The molecule has 2 amide bonds. The molecule has 0 fully saturated rings. The van der Waals surface area contributed by atoms with Gasteiger partial charge in [-0.05, 0) is 29.8 Å². The minimum Gasteiger partial charge on any atom is -0.347 e. The Morgan fingerprint density at radius 2 is 1.70 bits per heavy atom. The maximum atomic E-state index is 13.2. The van der Waals surface area contributed by atoms with Gasteiger partial charge in [-0.2, -0.15) is 13.2 Å². The Bertz CT molecular complexity index is 1080. The Labute approximate surface area is 170 Å². The van der Waals surface area contributed by atoms with Gasteiger partial charge in [0.25, 0.3) is 11.8 Å². The molecular weight excluding hydrogens is 429 g/mol. The van der Waals surface area contributed by atoms with Crippen LogP contribution in [0.3, 0.4) is 0 Å². The molecule has 3 aromatic rings. The molecule has 0 aliphatic rings. The summed E-state index contributed by atoms with van der Waals surface area (Å²) in [7, 11) is 0. The van der Waals surface area contributed by atoms with E-state index in [2.05, 4.69) is 15.6 Å². The minimum absolute atomic E-state index is 0.00823. The van der Waals surface area contributed by atoms with Crippen LogP contribution in [-0.4, -0.2) is 16.8 Å². The normalized spacial score (nSPS) is 11.2. The third-order valence-electron chi connectivity index (χ3n) is 3.79. The third kappa shape index (κ3) is 5.38. The van der Waals surface area contributed by atoms with Gasteiger partial charge < -0.3 is 5.32 Å². The predicted octanol–water partition coefficient (Wildman–Crippen LogP) is 4.62. The van der Waals surface area contributed by atoms with E-state index in [1.165, 1.54) is 17.5 Å². The third-order valence-corrected chi connectivity index (χ3v) is 4.55.